The van der Waals surface area contributed by atoms with Crippen molar-refractivity contribution in [1.29, 1.82) is 0 Å². The van der Waals surface area contributed by atoms with Crippen LogP contribution in [-0.2, 0) is 5.54 Å². The molecule has 0 aliphatic carbocycles. The quantitative estimate of drug-likeness (QED) is 0.298. The van der Waals surface area contributed by atoms with Crippen LogP contribution in [0.15, 0.2) is 103 Å². The zero-order valence-corrected chi connectivity index (χ0v) is 16.9. The molecule has 0 aliphatic rings. The van der Waals surface area contributed by atoms with Gasteiger partial charge in [-0.1, -0.05) is 113 Å². The smallest absolute Gasteiger partial charge is 0.173 e. The highest BCUT2D eigenvalue weighted by atomic mass is 79.9. The normalized spacial score (nSPS) is 11.8. The number of alkyl halides is 1. The van der Waals surface area contributed by atoms with Crippen LogP contribution in [0.5, 0.6) is 0 Å². The molecule has 4 heteroatoms. The molecule has 0 spiro atoms. The van der Waals surface area contributed by atoms with E-state index in [1.165, 1.54) is 0 Å². The molecule has 0 unspecified atom stereocenters. The van der Waals surface area contributed by atoms with Gasteiger partial charge in [-0.2, -0.15) is 5.10 Å². The first kappa shape index (κ1) is 18.4. The molecule has 4 rings (SSSR count). The fourth-order valence-corrected chi connectivity index (χ4v) is 3.79. The molecule has 1 aromatic heterocycles. The van der Waals surface area contributed by atoms with Crippen LogP contribution >= 0.6 is 15.9 Å². The maximum Gasteiger partial charge on any atom is 0.173 e. The van der Waals surface area contributed by atoms with E-state index in [0.29, 0.717) is 5.82 Å². The molecule has 28 heavy (non-hydrogen) atoms. The topological polar surface area (TPSA) is 30.7 Å². The van der Waals surface area contributed by atoms with E-state index in [9.17, 15) is 0 Å². The Labute approximate surface area is 173 Å². The summed E-state index contributed by atoms with van der Waals surface area (Å²) >= 11 is 3.41. The average Bonchev–Trinajstić information content (AvgIpc) is 3.24. The zero-order valence-electron chi connectivity index (χ0n) is 15.3. The van der Waals surface area contributed by atoms with Crippen molar-refractivity contribution in [3.63, 3.8) is 0 Å². The van der Waals surface area contributed by atoms with E-state index in [2.05, 4.69) is 93.7 Å². The Kier molecular flexibility index (Phi) is 5.49. The summed E-state index contributed by atoms with van der Waals surface area (Å²) in [6.07, 6.45) is 5.74. The third-order valence-corrected chi connectivity index (χ3v) is 5.16. The van der Waals surface area contributed by atoms with Gasteiger partial charge in [0.15, 0.2) is 5.82 Å². The van der Waals surface area contributed by atoms with E-state index < -0.39 is 5.54 Å². The van der Waals surface area contributed by atoms with Crippen LogP contribution in [-0.4, -0.2) is 20.1 Å². The molecule has 3 nitrogen and oxygen atoms in total. The molecule has 0 amide bonds. The van der Waals surface area contributed by atoms with Crippen molar-refractivity contribution in [2.45, 2.75) is 5.54 Å². The first-order chi connectivity index (χ1) is 13.9. The van der Waals surface area contributed by atoms with E-state index in [0.717, 1.165) is 22.0 Å². The van der Waals surface area contributed by atoms with Gasteiger partial charge in [0, 0.05) is 5.33 Å². The number of hydrogen-bond acceptors (Lipinski definition) is 2. The minimum Gasteiger partial charge on any atom is -0.233 e. The number of halogens is 1. The predicted octanol–water partition coefficient (Wildman–Crippen LogP) is 5.53. The highest BCUT2D eigenvalue weighted by Crippen LogP contribution is 2.40. The van der Waals surface area contributed by atoms with Gasteiger partial charge in [-0.25, -0.2) is 9.67 Å². The lowest BCUT2D eigenvalue weighted by Crippen LogP contribution is -2.38. The lowest BCUT2D eigenvalue weighted by Gasteiger charge is -2.35. The van der Waals surface area contributed by atoms with Crippen LogP contribution in [0.2, 0.25) is 0 Å². The van der Waals surface area contributed by atoms with Crippen LogP contribution in [0.25, 0.3) is 6.08 Å². The lowest BCUT2D eigenvalue weighted by atomic mass is 9.77. The standard InChI is InChI=1S/C24H20BrN3/c25-18-10-17-23-26-19-28(27-23)24(20-11-4-1-5-12-20,21-13-6-2-7-14-21)22-15-8-3-9-16-22/h1-17,19H,18H2/b17-10+. The SMILES string of the molecule is BrC/C=C/c1ncn(C(c2ccccc2)(c2ccccc2)c2ccccc2)n1. The first-order valence-corrected chi connectivity index (χ1v) is 10.3. The largest absolute Gasteiger partial charge is 0.233 e. The maximum atomic E-state index is 4.85. The van der Waals surface area contributed by atoms with Crippen molar-refractivity contribution >= 4 is 22.0 Å². The number of hydrogen-bond donors (Lipinski definition) is 0. The fourth-order valence-electron chi connectivity index (χ4n) is 3.60. The third-order valence-electron chi connectivity index (χ3n) is 4.78. The molecule has 1 heterocycles. The van der Waals surface area contributed by atoms with E-state index in [-0.39, 0.29) is 0 Å². The van der Waals surface area contributed by atoms with E-state index in [1.54, 1.807) is 0 Å². The highest BCUT2D eigenvalue weighted by molar-refractivity contribution is 9.09. The number of aromatic nitrogens is 3. The maximum absolute atomic E-state index is 4.85. The summed E-state index contributed by atoms with van der Waals surface area (Å²) in [5.41, 5.74) is 2.78. The lowest BCUT2D eigenvalue weighted by molar-refractivity contribution is 0.458. The highest BCUT2D eigenvalue weighted by Gasteiger charge is 2.39. The van der Waals surface area contributed by atoms with Gasteiger partial charge in [-0.15, -0.1) is 0 Å². The van der Waals surface area contributed by atoms with Gasteiger partial charge in [-0.05, 0) is 22.8 Å². The molecule has 3 aromatic carbocycles. The fraction of sp³-hybridized carbons (Fsp3) is 0.0833. The van der Waals surface area contributed by atoms with Crippen LogP contribution in [0, 0.1) is 0 Å². The minimum absolute atomic E-state index is 0.614. The second-order valence-electron chi connectivity index (χ2n) is 6.41. The van der Waals surface area contributed by atoms with Gasteiger partial charge < -0.3 is 0 Å². The Morgan fingerprint density at radius 3 is 1.64 bits per heavy atom. The number of nitrogens with zero attached hydrogens (tertiary/aromatic N) is 3. The summed E-state index contributed by atoms with van der Waals surface area (Å²) in [6.45, 7) is 0. The number of rotatable bonds is 6. The summed E-state index contributed by atoms with van der Waals surface area (Å²) in [7, 11) is 0. The van der Waals surface area contributed by atoms with E-state index in [4.69, 9.17) is 5.10 Å². The van der Waals surface area contributed by atoms with Crippen molar-refractivity contribution in [1.82, 2.24) is 14.8 Å². The van der Waals surface area contributed by atoms with Crippen LogP contribution < -0.4 is 0 Å². The predicted molar refractivity (Wildman–Crippen MR) is 117 cm³/mol. The molecule has 0 fully saturated rings. The Hall–Kier alpha value is -2.98. The Morgan fingerprint density at radius 2 is 1.21 bits per heavy atom. The second-order valence-corrected chi connectivity index (χ2v) is 7.06. The van der Waals surface area contributed by atoms with Crippen molar-refractivity contribution in [3.8, 4) is 0 Å². The van der Waals surface area contributed by atoms with Crippen LogP contribution in [0.3, 0.4) is 0 Å². The summed E-state index contributed by atoms with van der Waals surface area (Å²) in [5, 5.41) is 5.61. The minimum atomic E-state index is -0.614. The van der Waals surface area contributed by atoms with Crippen molar-refractivity contribution in [3.05, 3.63) is 126 Å². The molecule has 138 valence electrons. The van der Waals surface area contributed by atoms with Crippen molar-refractivity contribution < 1.29 is 0 Å². The summed E-state index contributed by atoms with van der Waals surface area (Å²) < 4.78 is 1.97. The molecule has 0 saturated heterocycles. The Balaban J connectivity index is 2.04. The number of benzene rings is 3. The third kappa shape index (κ3) is 3.32. The molecule has 4 aromatic rings. The second kappa shape index (κ2) is 8.36. The summed E-state index contributed by atoms with van der Waals surface area (Å²) in [4.78, 5) is 4.54. The van der Waals surface area contributed by atoms with Gasteiger partial charge in [0.25, 0.3) is 0 Å². The molecule has 0 radical (unpaired) electrons. The van der Waals surface area contributed by atoms with Gasteiger partial charge in [0.1, 0.15) is 11.9 Å². The zero-order chi connectivity index (χ0) is 19.2. The van der Waals surface area contributed by atoms with Crippen molar-refractivity contribution in [2.24, 2.45) is 0 Å². The molecular formula is C24H20BrN3. The van der Waals surface area contributed by atoms with Gasteiger partial charge >= 0.3 is 0 Å². The monoisotopic (exact) mass is 429 g/mol. The molecule has 0 saturated carbocycles. The molecular weight excluding hydrogens is 410 g/mol. The summed E-state index contributed by atoms with van der Waals surface area (Å²) in [5.74, 6) is 0.687. The van der Waals surface area contributed by atoms with Crippen molar-refractivity contribution in [2.75, 3.05) is 5.33 Å². The first-order valence-electron chi connectivity index (χ1n) is 9.17. The Bertz CT molecular complexity index is 944. The van der Waals surface area contributed by atoms with E-state index in [1.807, 2.05) is 41.4 Å². The average molecular weight is 430 g/mol. The van der Waals surface area contributed by atoms with Gasteiger partial charge in [-0.3, -0.25) is 0 Å². The van der Waals surface area contributed by atoms with Gasteiger partial charge in [0.05, 0.1) is 0 Å². The van der Waals surface area contributed by atoms with E-state index >= 15 is 0 Å². The molecule has 0 N–H and O–H groups in total. The van der Waals surface area contributed by atoms with Crippen LogP contribution in [0.4, 0.5) is 0 Å². The van der Waals surface area contributed by atoms with Crippen LogP contribution in [0.1, 0.15) is 22.5 Å². The van der Waals surface area contributed by atoms with Gasteiger partial charge in [0.2, 0.25) is 0 Å². The molecule has 0 aliphatic heterocycles. The molecule has 0 bridgehead atoms. The summed E-state index contributed by atoms with van der Waals surface area (Å²) in [6, 6.07) is 31.4. The number of allylic oxidation sites excluding steroid dienone is 1. The molecule has 0 atom stereocenters. The Morgan fingerprint density at radius 1 is 0.750 bits per heavy atom.